The maximum atomic E-state index is 4.64. The van der Waals surface area contributed by atoms with Crippen LogP contribution in [0, 0.1) is 0 Å². The number of rotatable bonds is 2. The van der Waals surface area contributed by atoms with Gasteiger partial charge in [-0.25, -0.2) is 0 Å². The van der Waals surface area contributed by atoms with Crippen molar-refractivity contribution in [3.63, 3.8) is 0 Å². The molecule has 5 heavy (non-hydrogen) atoms. The van der Waals surface area contributed by atoms with Gasteiger partial charge in [-0.15, -0.1) is 0 Å². The van der Waals surface area contributed by atoms with E-state index in [2.05, 4.69) is 10.8 Å². The Morgan fingerprint density at radius 3 is 2.60 bits per heavy atom. The molecule has 0 N–H and O–H groups in total. The van der Waals surface area contributed by atoms with Gasteiger partial charge in [-0.05, 0) is 0 Å². The molecule has 0 rings (SSSR count). The molecule has 0 aromatic heterocycles. The van der Waals surface area contributed by atoms with Crippen molar-refractivity contribution in [2.45, 2.75) is 0 Å². The molecule has 0 aliphatic heterocycles. The predicted octanol–water partition coefficient (Wildman–Crippen LogP) is 1.52. The lowest BCUT2D eigenvalue weighted by atomic mass is 11.8. The summed E-state index contributed by atoms with van der Waals surface area (Å²) in [7, 11) is 3.32. The highest BCUT2D eigenvalue weighted by Crippen LogP contribution is 2.24. The van der Waals surface area contributed by atoms with E-state index in [0.29, 0.717) is 8.50 Å². The minimum atomic E-state index is 0.559. The average molecular weight is 108 g/mol. The van der Waals surface area contributed by atoms with Gasteiger partial charge in [-0.1, -0.05) is 14.2 Å². The lowest BCUT2D eigenvalue weighted by Crippen LogP contribution is -1.44. The topological polar surface area (TPSA) is 9.23 Å². The Hall–Kier alpha value is 0.560. The Labute approximate surface area is 35.3 Å². The summed E-state index contributed by atoms with van der Waals surface area (Å²) in [6.07, 6.45) is 3.53. The molecule has 0 saturated carbocycles. The lowest BCUT2D eigenvalue weighted by molar-refractivity contribution is 0.485. The molecule has 0 fully saturated rings. The van der Waals surface area contributed by atoms with Gasteiger partial charge in [-0.2, -0.15) is 0 Å². The van der Waals surface area contributed by atoms with E-state index in [4.69, 9.17) is 0 Å². The highest BCUT2D eigenvalue weighted by molar-refractivity contribution is 8.08. The highest BCUT2D eigenvalue weighted by atomic mass is 32.0. The molecule has 30 valence electrons. The van der Waals surface area contributed by atoms with E-state index >= 15 is 0 Å². The Balaban J connectivity index is 2.40. The van der Waals surface area contributed by atoms with Crippen molar-refractivity contribution >= 4 is 22.7 Å². The maximum Gasteiger partial charge on any atom is 0.0663 e. The Morgan fingerprint density at radius 2 is 2.60 bits per heavy atom. The fourth-order valence-corrected chi connectivity index (χ4v) is 0.581. The predicted molar refractivity (Wildman–Crippen MR) is 29.4 cm³/mol. The first-order chi connectivity index (χ1) is 2.41. The molecule has 0 bridgehead atoms. The molecule has 1 unspecified atom stereocenters. The third-order valence-electron chi connectivity index (χ3n) is 0.156. The molecule has 0 aliphatic rings. The lowest BCUT2D eigenvalue weighted by Gasteiger charge is -1.78. The third kappa shape index (κ3) is 4.56. The van der Waals surface area contributed by atoms with Crippen molar-refractivity contribution in [1.29, 1.82) is 0 Å². The van der Waals surface area contributed by atoms with E-state index in [0.717, 1.165) is 7.89 Å². The van der Waals surface area contributed by atoms with Crippen molar-refractivity contribution in [1.82, 2.24) is 0 Å². The maximum absolute atomic E-state index is 4.64. The largest absolute Gasteiger partial charge is 0.357 e. The third-order valence-corrected chi connectivity index (χ3v) is 1.40. The minimum Gasteiger partial charge on any atom is -0.357 e. The van der Waals surface area contributed by atoms with Crippen molar-refractivity contribution in [3.8, 4) is 0 Å². The van der Waals surface area contributed by atoms with E-state index in [1.165, 1.54) is 0 Å². The zero-order valence-corrected chi connectivity index (χ0v) is 4.96. The molecule has 0 radical (unpaired) electrons. The minimum absolute atomic E-state index is 0.559. The Bertz CT molecular complexity index is 28.8. The smallest absolute Gasteiger partial charge is 0.0663 e. The molecule has 0 saturated heterocycles. The molecule has 1 nitrogen and oxygen atoms in total. The van der Waals surface area contributed by atoms with Crippen LogP contribution in [0.1, 0.15) is 0 Å². The summed E-state index contributed by atoms with van der Waals surface area (Å²) in [5, 5.41) is 0. The average Bonchev–Trinajstić information content (AvgIpc) is 1.41. The molecule has 0 amide bonds. The highest BCUT2D eigenvalue weighted by Gasteiger charge is 1.59. The fourth-order valence-electron chi connectivity index (χ4n) is 0.0645. The second-order valence-electron chi connectivity index (χ2n) is 0.454. The van der Waals surface area contributed by atoms with Crippen molar-refractivity contribution in [2.24, 2.45) is 0 Å². The van der Waals surface area contributed by atoms with Crippen LogP contribution in [0.3, 0.4) is 0 Å². The van der Waals surface area contributed by atoms with Crippen LogP contribution in [0.25, 0.3) is 0 Å². The summed E-state index contributed by atoms with van der Waals surface area (Å²) >= 11 is 0. The SMILES string of the molecule is C=PPOC. The Kier molecular flexibility index (Phi) is 5.07. The van der Waals surface area contributed by atoms with E-state index < -0.39 is 0 Å². The van der Waals surface area contributed by atoms with Crippen LogP contribution < -0.4 is 0 Å². The summed E-state index contributed by atoms with van der Waals surface area (Å²) < 4.78 is 4.64. The second kappa shape index (κ2) is 4.56. The zero-order valence-electron chi connectivity index (χ0n) is 3.06. The first kappa shape index (κ1) is 5.56. The van der Waals surface area contributed by atoms with Crippen molar-refractivity contribution in [2.75, 3.05) is 7.11 Å². The molecule has 1 atom stereocenters. The normalized spacial score (nSPS) is 11.4. The molecule has 0 heterocycles. The number of hydrogen-bond donors (Lipinski definition) is 0. The van der Waals surface area contributed by atoms with Crippen LogP contribution in [-0.4, -0.2) is 13.4 Å². The molecular formula is C2H6OP2. The van der Waals surface area contributed by atoms with Gasteiger partial charge in [0.25, 0.3) is 0 Å². The number of hydrogen-bond acceptors (Lipinski definition) is 1. The molecule has 0 aromatic carbocycles. The first-order valence-corrected chi connectivity index (χ1v) is 3.98. The Morgan fingerprint density at radius 1 is 2.00 bits per heavy atom. The zero-order chi connectivity index (χ0) is 4.12. The molecule has 0 aromatic rings. The molecule has 3 heteroatoms. The summed E-state index contributed by atoms with van der Waals surface area (Å²) in [5.41, 5.74) is 0. The van der Waals surface area contributed by atoms with Crippen molar-refractivity contribution in [3.05, 3.63) is 0 Å². The summed E-state index contributed by atoms with van der Waals surface area (Å²) in [6.45, 7) is 0. The van der Waals surface area contributed by atoms with Gasteiger partial charge in [0.1, 0.15) is 0 Å². The summed E-state index contributed by atoms with van der Waals surface area (Å²) in [4.78, 5) is 0. The summed E-state index contributed by atoms with van der Waals surface area (Å²) in [6, 6.07) is 0. The van der Waals surface area contributed by atoms with E-state index in [-0.39, 0.29) is 0 Å². The van der Waals surface area contributed by atoms with Crippen LogP contribution >= 0.6 is 16.4 Å². The fraction of sp³-hybridized carbons (Fsp3) is 0.500. The van der Waals surface area contributed by atoms with Crippen LogP contribution in [0.5, 0.6) is 0 Å². The first-order valence-electron chi connectivity index (χ1n) is 1.15. The van der Waals surface area contributed by atoms with E-state index in [9.17, 15) is 0 Å². The second-order valence-corrected chi connectivity index (χ2v) is 2.86. The van der Waals surface area contributed by atoms with E-state index in [1.54, 1.807) is 7.11 Å². The van der Waals surface area contributed by atoms with Crippen LogP contribution in [0.15, 0.2) is 0 Å². The van der Waals surface area contributed by atoms with Gasteiger partial charge in [0.05, 0.1) is 8.50 Å². The standard InChI is InChI=1S/C2H6OP2/c1-3-5-4-2/h5H,2H2,1H3. The molecule has 0 aliphatic carbocycles. The van der Waals surface area contributed by atoms with E-state index in [1.807, 2.05) is 0 Å². The quantitative estimate of drug-likeness (QED) is 0.487. The van der Waals surface area contributed by atoms with Gasteiger partial charge in [0.2, 0.25) is 0 Å². The van der Waals surface area contributed by atoms with Gasteiger partial charge < -0.3 is 4.52 Å². The van der Waals surface area contributed by atoms with Gasteiger partial charge in [0, 0.05) is 7.11 Å². The van der Waals surface area contributed by atoms with Crippen LogP contribution in [0.4, 0.5) is 0 Å². The van der Waals surface area contributed by atoms with Crippen LogP contribution in [-0.2, 0) is 4.52 Å². The van der Waals surface area contributed by atoms with Gasteiger partial charge >= 0.3 is 0 Å². The molecular weight excluding hydrogens is 102 g/mol. The van der Waals surface area contributed by atoms with Crippen LogP contribution in [0.2, 0.25) is 0 Å². The summed E-state index contributed by atoms with van der Waals surface area (Å²) in [5.74, 6) is 0. The van der Waals surface area contributed by atoms with Gasteiger partial charge in [-0.3, -0.25) is 0 Å². The molecule has 0 spiro atoms. The van der Waals surface area contributed by atoms with Crippen molar-refractivity contribution < 1.29 is 4.52 Å². The van der Waals surface area contributed by atoms with Gasteiger partial charge in [0.15, 0.2) is 0 Å². The monoisotopic (exact) mass is 108 g/mol.